The monoisotopic (exact) mass is 353 g/mol. The molecule has 102 valence electrons. The van der Waals surface area contributed by atoms with E-state index in [1.54, 1.807) is 30.3 Å². The second kappa shape index (κ2) is 6.07. The Labute approximate surface area is 128 Å². The quantitative estimate of drug-likeness (QED) is 0.874. The highest BCUT2D eigenvalue weighted by atomic mass is 79.9. The number of rotatable bonds is 3. The molecule has 0 radical (unpaired) electrons. The Hall–Kier alpha value is -1.85. The van der Waals surface area contributed by atoms with Gasteiger partial charge in [0.25, 0.3) is 5.91 Å². The lowest BCUT2D eigenvalue weighted by Gasteiger charge is -2.10. The summed E-state index contributed by atoms with van der Waals surface area (Å²) in [5.74, 6) is -1.55. The first-order valence-corrected chi connectivity index (χ1v) is 6.75. The molecule has 0 aliphatic heterocycles. The fraction of sp³-hybridized carbons (Fsp3) is 0. The first-order chi connectivity index (χ1) is 9.49. The molecular weight excluding hydrogens is 346 g/mol. The number of hydrogen-bond donors (Lipinski definition) is 2. The summed E-state index contributed by atoms with van der Waals surface area (Å²) in [6.45, 7) is 0. The molecule has 0 saturated carbocycles. The van der Waals surface area contributed by atoms with Crippen molar-refractivity contribution in [2.75, 3.05) is 5.32 Å². The first kappa shape index (κ1) is 14.6. The Bertz CT molecular complexity index is 688. The van der Waals surface area contributed by atoms with Gasteiger partial charge in [-0.15, -0.1) is 0 Å². The minimum atomic E-state index is -1.13. The van der Waals surface area contributed by atoms with Gasteiger partial charge in [0.1, 0.15) is 0 Å². The van der Waals surface area contributed by atoms with Crippen molar-refractivity contribution in [2.24, 2.45) is 0 Å². The third-order valence-corrected chi connectivity index (χ3v) is 3.46. The van der Waals surface area contributed by atoms with Crippen LogP contribution in [0.4, 0.5) is 5.69 Å². The van der Waals surface area contributed by atoms with E-state index in [1.165, 1.54) is 12.1 Å². The maximum Gasteiger partial charge on any atom is 0.338 e. The molecule has 2 N–H and O–H groups in total. The summed E-state index contributed by atoms with van der Waals surface area (Å²) in [6.07, 6.45) is 0. The predicted molar refractivity (Wildman–Crippen MR) is 80.5 cm³/mol. The van der Waals surface area contributed by atoms with Crippen molar-refractivity contribution in [3.8, 4) is 0 Å². The van der Waals surface area contributed by atoms with Gasteiger partial charge in [0.2, 0.25) is 0 Å². The van der Waals surface area contributed by atoms with Gasteiger partial charge in [-0.05, 0) is 46.3 Å². The minimum absolute atomic E-state index is 0.00266. The summed E-state index contributed by atoms with van der Waals surface area (Å²) in [4.78, 5) is 23.3. The van der Waals surface area contributed by atoms with Gasteiger partial charge in [0.05, 0.1) is 11.3 Å². The number of amides is 1. The molecule has 4 nitrogen and oxygen atoms in total. The highest BCUT2D eigenvalue weighted by Gasteiger charge is 2.16. The van der Waals surface area contributed by atoms with Gasteiger partial charge < -0.3 is 10.4 Å². The third kappa shape index (κ3) is 3.18. The maximum absolute atomic E-state index is 12.1. The van der Waals surface area contributed by atoms with Crippen molar-refractivity contribution in [1.82, 2.24) is 0 Å². The number of anilines is 1. The summed E-state index contributed by atoms with van der Waals surface area (Å²) in [5.41, 5.74) is 0.577. The van der Waals surface area contributed by atoms with Crippen LogP contribution in [0.2, 0.25) is 5.02 Å². The first-order valence-electron chi connectivity index (χ1n) is 5.58. The highest BCUT2D eigenvalue weighted by molar-refractivity contribution is 9.10. The van der Waals surface area contributed by atoms with Crippen LogP contribution in [0.1, 0.15) is 20.7 Å². The molecule has 2 aromatic carbocycles. The molecule has 20 heavy (non-hydrogen) atoms. The van der Waals surface area contributed by atoms with Crippen molar-refractivity contribution >= 4 is 45.1 Å². The number of halogens is 2. The molecule has 1 amide bonds. The molecule has 0 unspecified atom stereocenters. The molecular formula is C14H9BrClNO3. The largest absolute Gasteiger partial charge is 0.478 e. The zero-order valence-corrected chi connectivity index (χ0v) is 12.4. The molecule has 0 fully saturated rings. The van der Waals surface area contributed by atoms with E-state index in [4.69, 9.17) is 11.6 Å². The smallest absolute Gasteiger partial charge is 0.338 e. The van der Waals surface area contributed by atoms with Crippen molar-refractivity contribution in [3.05, 3.63) is 63.1 Å². The van der Waals surface area contributed by atoms with Crippen LogP contribution in [0.5, 0.6) is 0 Å². The van der Waals surface area contributed by atoms with Gasteiger partial charge in [-0.1, -0.05) is 23.7 Å². The van der Waals surface area contributed by atoms with E-state index in [2.05, 4.69) is 21.2 Å². The van der Waals surface area contributed by atoms with E-state index < -0.39 is 11.9 Å². The Balaban J connectivity index is 2.33. The van der Waals surface area contributed by atoms with Crippen molar-refractivity contribution in [2.45, 2.75) is 0 Å². The molecule has 0 bridgehead atoms. The van der Waals surface area contributed by atoms with Crippen LogP contribution in [0.3, 0.4) is 0 Å². The number of aromatic carboxylic acids is 1. The van der Waals surface area contributed by atoms with Crippen LogP contribution in [0.25, 0.3) is 0 Å². The van der Waals surface area contributed by atoms with Crippen molar-refractivity contribution in [3.63, 3.8) is 0 Å². The molecule has 2 rings (SSSR count). The lowest BCUT2D eigenvalue weighted by Crippen LogP contribution is -2.15. The molecule has 6 heteroatoms. The Morgan fingerprint density at radius 3 is 2.50 bits per heavy atom. The van der Waals surface area contributed by atoms with E-state index in [0.29, 0.717) is 15.1 Å². The number of carbonyl (C=O) groups excluding carboxylic acids is 1. The van der Waals surface area contributed by atoms with E-state index in [-0.39, 0.29) is 11.3 Å². The highest BCUT2D eigenvalue weighted by Crippen LogP contribution is 2.25. The van der Waals surface area contributed by atoms with Gasteiger partial charge in [0.15, 0.2) is 0 Å². The van der Waals surface area contributed by atoms with E-state index in [9.17, 15) is 14.7 Å². The van der Waals surface area contributed by atoms with E-state index >= 15 is 0 Å². The standard InChI is InChI=1S/C14H9BrClNO3/c15-10-5-2-6-11(12(10)14(19)20)17-13(18)8-3-1-4-9(16)7-8/h1-7H,(H,17,18)(H,19,20). The summed E-state index contributed by atoms with van der Waals surface area (Å²) < 4.78 is 0.397. The molecule has 0 aliphatic carbocycles. The molecule has 0 atom stereocenters. The SMILES string of the molecule is O=C(Nc1cccc(Br)c1C(=O)O)c1cccc(Cl)c1. The Morgan fingerprint density at radius 1 is 1.15 bits per heavy atom. The van der Waals surface area contributed by atoms with E-state index in [0.717, 1.165) is 0 Å². The van der Waals surface area contributed by atoms with Crippen LogP contribution >= 0.6 is 27.5 Å². The average molecular weight is 355 g/mol. The Kier molecular flexibility index (Phi) is 4.42. The van der Waals surface area contributed by atoms with Crippen LogP contribution in [0.15, 0.2) is 46.9 Å². The number of nitrogens with one attached hydrogen (secondary N) is 1. The van der Waals surface area contributed by atoms with Crippen molar-refractivity contribution < 1.29 is 14.7 Å². The van der Waals surface area contributed by atoms with Gasteiger partial charge in [-0.25, -0.2) is 4.79 Å². The van der Waals surface area contributed by atoms with Gasteiger partial charge in [-0.3, -0.25) is 4.79 Å². The van der Waals surface area contributed by atoms with Crippen LogP contribution in [-0.2, 0) is 0 Å². The second-order valence-corrected chi connectivity index (χ2v) is 5.22. The van der Waals surface area contributed by atoms with Crippen LogP contribution in [0, 0.1) is 0 Å². The summed E-state index contributed by atoms with van der Waals surface area (Å²) >= 11 is 8.97. The normalized spacial score (nSPS) is 10.1. The third-order valence-electron chi connectivity index (χ3n) is 2.56. The molecule has 2 aromatic rings. The lowest BCUT2D eigenvalue weighted by molar-refractivity contribution is 0.0697. The molecule has 0 heterocycles. The number of carboxylic acids is 1. The summed E-state index contributed by atoms with van der Waals surface area (Å²) in [6, 6.07) is 11.2. The van der Waals surface area contributed by atoms with Gasteiger partial charge >= 0.3 is 5.97 Å². The van der Waals surface area contributed by atoms with Crippen molar-refractivity contribution in [1.29, 1.82) is 0 Å². The van der Waals surface area contributed by atoms with Gasteiger partial charge in [-0.2, -0.15) is 0 Å². The molecule has 0 aromatic heterocycles. The maximum atomic E-state index is 12.1. The van der Waals surface area contributed by atoms with Gasteiger partial charge in [0, 0.05) is 15.1 Å². The topological polar surface area (TPSA) is 66.4 Å². The molecule has 0 aliphatic rings. The second-order valence-electron chi connectivity index (χ2n) is 3.93. The molecule has 0 spiro atoms. The number of carboxylic acid groups (broad SMARTS) is 1. The average Bonchev–Trinajstić information content (AvgIpc) is 2.38. The lowest BCUT2D eigenvalue weighted by atomic mass is 10.1. The Morgan fingerprint density at radius 2 is 1.85 bits per heavy atom. The van der Waals surface area contributed by atoms with Crippen LogP contribution in [-0.4, -0.2) is 17.0 Å². The van der Waals surface area contributed by atoms with E-state index in [1.807, 2.05) is 0 Å². The number of carbonyl (C=O) groups is 2. The summed E-state index contributed by atoms with van der Waals surface area (Å²) in [7, 11) is 0. The van der Waals surface area contributed by atoms with Crippen LogP contribution < -0.4 is 5.32 Å². The number of benzene rings is 2. The zero-order chi connectivity index (χ0) is 14.7. The fourth-order valence-electron chi connectivity index (χ4n) is 1.67. The molecule has 0 saturated heterocycles. The predicted octanol–water partition coefficient (Wildman–Crippen LogP) is 4.05. The fourth-order valence-corrected chi connectivity index (χ4v) is 2.40. The zero-order valence-electron chi connectivity index (χ0n) is 10.1. The minimum Gasteiger partial charge on any atom is -0.478 e. The summed E-state index contributed by atoms with van der Waals surface area (Å²) in [5, 5.41) is 12.2. The number of hydrogen-bond acceptors (Lipinski definition) is 2.